The van der Waals surface area contributed by atoms with E-state index in [1.54, 1.807) is 7.05 Å². The molecule has 7 heteroatoms. The average Bonchev–Trinajstić information content (AvgIpc) is 3.05. The smallest absolute Gasteiger partial charge is 0.281 e. The van der Waals surface area contributed by atoms with E-state index in [-0.39, 0.29) is 0 Å². The molecule has 2 heterocycles. The highest BCUT2D eigenvalue weighted by Gasteiger charge is 2.29. The van der Waals surface area contributed by atoms with Gasteiger partial charge in [0.2, 0.25) is 0 Å². The minimum absolute atomic E-state index is 0.301. The number of ether oxygens (including phenoxy) is 2. The largest absolute Gasteiger partial charge is 0.493 e. The third-order valence-electron chi connectivity index (χ3n) is 4.00. The Balaban J connectivity index is 2.00. The third-order valence-corrected chi connectivity index (χ3v) is 5.84. The predicted molar refractivity (Wildman–Crippen MR) is 78.9 cm³/mol. The highest BCUT2D eigenvalue weighted by molar-refractivity contribution is 7.86. The Morgan fingerprint density at radius 1 is 1.14 bits per heavy atom. The molecule has 0 radical (unpaired) electrons. The predicted octanol–water partition coefficient (Wildman–Crippen LogP) is 0.795. The topological polar surface area (TPSA) is 59.1 Å². The van der Waals surface area contributed by atoms with Crippen molar-refractivity contribution < 1.29 is 17.9 Å². The SMILES string of the molecule is CN(C)S(=O)(=O)N(C)Cc1c2c(cc3c1OCC3)OCC2. The molecule has 6 nitrogen and oxygen atoms in total. The molecule has 1 aromatic carbocycles. The average molecular weight is 312 g/mol. The van der Waals surface area contributed by atoms with Crippen molar-refractivity contribution in [1.29, 1.82) is 0 Å². The summed E-state index contributed by atoms with van der Waals surface area (Å²) in [4.78, 5) is 0. The van der Waals surface area contributed by atoms with E-state index in [9.17, 15) is 8.42 Å². The minimum atomic E-state index is -3.44. The van der Waals surface area contributed by atoms with Crippen molar-refractivity contribution in [1.82, 2.24) is 8.61 Å². The van der Waals surface area contributed by atoms with E-state index in [2.05, 4.69) is 0 Å². The Kier molecular flexibility index (Phi) is 3.59. The first kappa shape index (κ1) is 14.6. The molecule has 0 amide bonds. The van der Waals surface area contributed by atoms with E-state index in [1.807, 2.05) is 6.07 Å². The lowest BCUT2D eigenvalue weighted by Crippen LogP contribution is -2.37. The second-order valence-electron chi connectivity index (χ2n) is 5.56. The van der Waals surface area contributed by atoms with Gasteiger partial charge in [-0.05, 0) is 6.07 Å². The summed E-state index contributed by atoms with van der Waals surface area (Å²) in [7, 11) is 1.22. The number of nitrogens with zero attached hydrogens (tertiary/aromatic N) is 2. The molecule has 0 spiro atoms. The van der Waals surface area contributed by atoms with Gasteiger partial charge in [0.15, 0.2) is 0 Å². The van der Waals surface area contributed by atoms with Gasteiger partial charge in [-0.2, -0.15) is 17.0 Å². The van der Waals surface area contributed by atoms with E-state index < -0.39 is 10.2 Å². The zero-order valence-corrected chi connectivity index (χ0v) is 13.4. The molecule has 0 fully saturated rings. The van der Waals surface area contributed by atoms with E-state index in [0.717, 1.165) is 41.0 Å². The summed E-state index contributed by atoms with van der Waals surface area (Å²) >= 11 is 0. The molecular weight excluding hydrogens is 292 g/mol. The van der Waals surface area contributed by atoms with Crippen molar-refractivity contribution in [3.8, 4) is 11.5 Å². The number of benzene rings is 1. The van der Waals surface area contributed by atoms with Gasteiger partial charge < -0.3 is 9.47 Å². The summed E-state index contributed by atoms with van der Waals surface area (Å²) < 4.78 is 38.4. The molecule has 0 N–H and O–H groups in total. The van der Waals surface area contributed by atoms with Crippen molar-refractivity contribution in [2.45, 2.75) is 19.4 Å². The van der Waals surface area contributed by atoms with Crippen LogP contribution in [0.25, 0.3) is 0 Å². The first-order valence-electron chi connectivity index (χ1n) is 6.98. The Morgan fingerprint density at radius 2 is 1.86 bits per heavy atom. The summed E-state index contributed by atoms with van der Waals surface area (Å²) in [6.07, 6.45) is 1.65. The standard InChI is InChI=1S/C14H20N2O4S/c1-15(2)21(17,18)16(3)9-12-11-5-7-19-13(11)8-10-4-6-20-14(10)12/h8H,4-7,9H2,1-3H3. The van der Waals surface area contributed by atoms with E-state index in [1.165, 1.54) is 22.7 Å². The maximum atomic E-state index is 12.2. The van der Waals surface area contributed by atoms with Gasteiger partial charge in [0, 0.05) is 57.2 Å². The summed E-state index contributed by atoms with van der Waals surface area (Å²) in [5.74, 6) is 1.73. The fourth-order valence-corrected chi connectivity index (χ4v) is 3.68. The molecule has 0 bridgehead atoms. The molecule has 3 rings (SSSR count). The van der Waals surface area contributed by atoms with Crippen LogP contribution >= 0.6 is 0 Å². The maximum Gasteiger partial charge on any atom is 0.281 e. The van der Waals surface area contributed by atoms with Crippen LogP contribution in [0.1, 0.15) is 16.7 Å². The summed E-state index contributed by atoms with van der Waals surface area (Å²) in [6.45, 7) is 1.60. The molecule has 116 valence electrons. The van der Waals surface area contributed by atoms with Gasteiger partial charge in [-0.3, -0.25) is 0 Å². The quantitative estimate of drug-likeness (QED) is 0.825. The number of hydrogen-bond donors (Lipinski definition) is 0. The summed E-state index contributed by atoms with van der Waals surface area (Å²) in [5.41, 5.74) is 3.14. The number of rotatable bonds is 4. The molecule has 0 atom stereocenters. The van der Waals surface area contributed by atoms with Crippen molar-refractivity contribution in [2.75, 3.05) is 34.4 Å². The van der Waals surface area contributed by atoms with Crippen molar-refractivity contribution in [3.63, 3.8) is 0 Å². The van der Waals surface area contributed by atoms with Crippen LogP contribution < -0.4 is 9.47 Å². The Bertz CT molecular complexity index is 638. The van der Waals surface area contributed by atoms with Gasteiger partial charge in [0.05, 0.1) is 13.2 Å². The molecule has 21 heavy (non-hydrogen) atoms. The molecule has 0 unspecified atom stereocenters. The molecule has 2 aliphatic rings. The van der Waals surface area contributed by atoms with Gasteiger partial charge in [0.1, 0.15) is 11.5 Å². The summed E-state index contributed by atoms with van der Waals surface area (Å²) in [5, 5.41) is 0. The van der Waals surface area contributed by atoms with Gasteiger partial charge in [-0.1, -0.05) is 0 Å². The lowest BCUT2D eigenvalue weighted by Gasteiger charge is -2.23. The molecule has 0 aromatic heterocycles. The lowest BCUT2D eigenvalue weighted by atomic mass is 9.99. The van der Waals surface area contributed by atoms with Gasteiger partial charge >= 0.3 is 0 Å². The van der Waals surface area contributed by atoms with Crippen LogP contribution in [0.3, 0.4) is 0 Å². The first-order chi connectivity index (χ1) is 9.91. The molecule has 1 aromatic rings. The lowest BCUT2D eigenvalue weighted by molar-refractivity contribution is 0.346. The van der Waals surface area contributed by atoms with Crippen LogP contribution in [0.5, 0.6) is 11.5 Å². The van der Waals surface area contributed by atoms with Crippen LogP contribution in [0, 0.1) is 0 Å². The van der Waals surface area contributed by atoms with Crippen LogP contribution in [0.4, 0.5) is 0 Å². The first-order valence-corrected chi connectivity index (χ1v) is 8.38. The Labute approximate surface area is 125 Å². The van der Waals surface area contributed by atoms with E-state index in [4.69, 9.17) is 9.47 Å². The molecular formula is C14H20N2O4S. The highest BCUT2D eigenvalue weighted by Crippen LogP contribution is 2.41. The fraction of sp³-hybridized carbons (Fsp3) is 0.571. The number of hydrogen-bond acceptors (Lipinski definition) is 4. The maximum absolute atomic E-state index is 12.2. The van der Waals surface area contributed by atoms with Gasteiger partial charge in [0.25, 0.3) is 10.2 Å². The van der Waals surface area contributed by atoms with Gasteiger partial charge in [-0.25, -0.2) is 0 Å². The van der Waals surface area contributed by atoms with Crippen LogP contribution in [0.15, 0.2) is 6.07 Å². The summed E-state index contributed by atoms with van der Waals surface area (Å²) in [6, 6.07) is 2.04. The van der Waals surface area contributed by atoms with Crippen LogP contribution in [-0.4, -0.2) is 51.4 Å². The second-order valence-corrected chi connectivity index (χ2v) is 7.81. The molecule has 2 aliphatic heterocycles. The zero-order valence-electron chi connectivity index (χ0n) is 12.5. The number of fused-ring (bicyclic) bond motifs is 2. The fourth-order valence-electron chi connectivity index (χ4n) is 2.84. The van der Waals surface area contributed by atoms with E-state index in [0.29, 0.717) is 19.8 Å². The van der Waals surface area contributed by atoms with Crippen molar-refractivity contribution >= 4 is 10.2 Å². The zero-order chi connectivity index (χ0) is 15.2. The Hall–Kier alpha value is -1.31. The Morgan fingerprint density at radius 3 is 2.57 bits per heavy atom. The molecule has 0 saturated heterocycles. The molecule has 0 saturated carbocycles. The second kappa shape index (κ2) is 5.15. The van der Waals surface area contributed by atoms with Crippen LogP contribution in [0.2, 0.25) is 0 Å². The monoisotopic (exact) mass is 312 g/mol. The minimum Gasteiger partial charge on any atom is -0.493 e. The molecule has 0 aliphatic carbocycles. The highest BCUT2D eigenvalue weighted by atomic mass is 32.2. The van der Waals surface area contributed by atoms with Crippen LogP contribution in [-0.2, 0) is 29.6 Å². The van der Waals surface area contributed by atoms with E-state index >= 15 is 0 Å². The normalized spacial score (nSPS) is 16.8. The van der Waals surface area contributed by atoms with Crippen molar-refractivity contribution in [2.24, 2.45) is 0 Å². The van der Waals surface area contributed by atoms with Crippen molar-refractivity contribution in [3.05, 3.63) is 22.8 Å². The third kappa shape index (κ3) is 2.39. The van der Waals surface area contributed by atoms with Gasteiger partial charge in [-0.15, -0.1) is 0 Å².